The van der Waals surface area contributed by atoms with Crippen LogP contribution in [-0.4, -0.2) is 51.7 Å². The van der Waals surface area contributed by atoms with E-state index < -0.39 is 47.9 Å². The molecule has 11 nitrogen and oxygen atoms in total. The highest BCUT2D eigenvalue weighted by Gasteiger charge is 2.51. The van der Waals surface area contributed by atoms with Crippen LogP contribution < -0.4 is 11.2 Å². The molecule has 1 fully saturated rings. The molecule has 1 aliphatic heterocycles. The van der Waals surface area contributed by atoms with Crippen LogP contribution in [0.2, 0.25) is 0 Å². The van der Waals surface area contributed by atoms with Crippen molar-refractivity contribution in [1.29, 1.82) is 5.26 Å². The molecule has 0 aliphatic carbocycles. The molecule has 1 saturated heterocycles. The van der Waals surface area contributed by atoms with Gasteiger partial charge in [0.05, 0.1) is 12.7 Å². The summed E-state index contributed by atoms with van der Waals surface area (Å²) < 4.78 is 23.7. The fourth-order valence-electron chi connectivity index (χ4n) is 3.47. The summed E-state index contributed by atoms with van der Waals surface area (Å²) in [6.45, 7) is 1.02. The second-order valence-electron chi connectivity index (χ2n) is 7.07. The Morgan fingerprint density at radius 1 is 1.25 bits per heavy atom. The Labute approximate surface area is 182 Å². The molecule has 11 heteroatoms. The molecule has 3 rings (SSSR count). The van der Waals surface area contributed by atoms with Gasteiger partial charge in [0.2, 0.25) is 0 Å². The zero-order valence-electron chi connectivity index (χ0n) is 17.5. The van der Waals surface area contributed by atoms with E-state index in [9.17, 15) is 19.5 Å². The van der Waals surface area contributed by atoms with Crippen LogP contribution in [-0.2, 0) is 37.1 Å². The van der Waals surface area contributed by atoms with Gasteiger partial charge in [0, 0.05) is 26.3 Å². The highest BCUT2D eigenvalue weighted by molar-refractivity contribution is 5.66. The van der Waals surface area contributed by atoms with E-state index >= 15 is 0 Å². The maximum Gasteiger partial charge on any atom is 0.335 e. The Balaban J connectivity index is 1.90. The molecule has 2 heterocycles. The molecule has 0 unspecified atom stereocenters. The third kappa shape index (κ3) is 4.95. The van der Waals surface area contributed by atoms with Crippen LogP contribution in [0.15, 0.2) is 52.2 Å². The van der Waals surface area contributed by atoms with Gasteiger partial charge in [-0.2, -0.15) is 5.26 Å². The molecule has 0 bridgehead atoms. The van der Waals surface area contributed by atoms with Gasteiger partial charge in [-0.25, -0.2) is 9.36 Å². The molecule has 1 aromatic carbocycles. The molecule has 5 atom stereocenters. The Morgan fingerprint density at radius 3 is 2.59 bits per heavy atom. The van der Waals surface area contributed by atoms with Gasteiger partial charge >= 0.3 is 11.7 Å². The molecule has 0 amide bonds. The first-order valence-corrected chi connectivity index (χ1v) is 9.74. The third-order valence-electron chi connectivity index (χ3n) is 4.94. The number of ether oxygens (including phenoxy) is 4. The number of esters is 1. The number of aliphatic hydroxyl groups excluding tert-OH is 1. The molecule has 1 N–H and O–H groups in total. The predicted octanol–water partition coefficient (Wildman–Crippen LogP) is -0.0871. The minimum atomic E-state index is -1.60. The number of nitriles is 1. The van der Waals surface area contributed by atoms with Crippen LogP contribution in [0.1, 0.15) is 18.7 Å². The summed E-state index contributed by atoms with van der Waals surface area (Å²) in [4.78, 5) is 37.0. The van der Waals surface area contributed by atoms with Gasteiger partial charge in [0.1, 0.15) is 18.9 Å². The normalized spacial score (nSPS) is 23.4. The van der Waals surface area contributed by atoms with Gasteiger partial charge in [0.15, 0.2) is 18.4 Å². The first-order chi connectivity index (χ1) is 15.4. The summed E-state index contributed by atoms with van der Waals surface area (Å²) in [6.07, 6.45) is -5.03. The Kier molecular flexibility index (Phi) is 7.55. The SMILES string of the molecule is CO[C@H]1[C@@H](OC(C)=O)[C@H](n2ccc(=O)n(COCc3ccccc3)c2=O)O[C@@H]1[C@H](O)C#N. The molecule has 0 radical (unpaired) electrons. The maximum absolute atomic E-state index is 13.0. The average Bonchev–Trinajstić information content (AvgIpc) is 3.13. The van der Waals surface area contributed by atoms with Crippen molar-refractivity contribution in [3.05, 3.63) is 69.0 Å². The molecule has 0 saturated carbocycles. The molecule has 0 spiro atoms. The fourth-order valence-corrected chi connectivity index (χ4v) is 3.47. The number of aliphatic hydroxyl groups is 1. The largest absolute Gasteiger partial charge is 0.455 e. The van der Waals surface area contributed by atoms with Crippen molar-refractivity contribution >= 4 is 5.97 Å². The minimum Gasteiger partial charge on any atom is -0.455 e. The second kappa shape index (κ2) is 10.3. The van der Waals surface area contributed by atoms with Crippen molar-refractivity contribution in [3.8, 4) is 6.07 Å². The van der Waals surface area contributed by atoms with Crippen molar-refractivity contribution in [2.24, 2.45) is 0 Å². The van der Waals surface area contributed by atoms with Gasteiger partial charge in [-0.1, -0.05) is 30.3 Å². The van der Waals surface area contributed by atoms with E-state index in [1.165, 1.54) is 20.2 Å². The van der Waals surface area contributed by atoms with Gasteiger partial charge in [-0.05, 0) is 5.56 Å². The lowest BCUT2D eigenvalue weighted by atomic mass is 10.1. The molecule has 1 aromatic heterocycles. The van der Waals surface area contributed by atoms with Gasteiger partial charge in [-0.15, -0.1) is 0 Å². The van der Waals surface area contributed by atoms with E-state index in [2.05, 4.69) is 0 Å². The smallest absolute Gasteiger partial charge is 0.335 e. The quantitative estimate of drug-likeness (QED) is 0.436. The molecular weight excluding hydrogens is 422 g/mol. The highest BCUT2D eigenvalue weighted by Crippen LogP contribution is 2.34. The number of aromatic nitrogens is 2. The molecule has 2 aromatic rings. The van der Waals surface area contributed by atoms with Gasteiger partial charge in [-0.3, -0.25) is 14.2 Å². The lowest BCUT2D eigenvalue weighted by Gasteiger charge is -2.23. The topological polar surface area (TPSA) is 142 Å². The van der Waals surface area contributed by atoms with E-state index in [-0.39, 0.29) is 13.3 Å². The molecule has 32 heavy (non-hydrogen) atoms. The predicted molar refractivity (Wildman–Crippen MR) is 108 cm³/mol. The number of carbonyl (C=O) groups excluding carboxylic acids is 1. The van der Waals surface area contributed by atoms with Crippen LogP contribution in [0.4, 0.5) is 0 Å². The van der Waals surface area contributed by atoms with Crippen molar-refractivity contribution in [3.63, 3.8) is 0 Å². The minimum absolute atomic E-state index is 0.180. The van der Waals surface area contributed by atoms with Crippen LogP contribution in [0.25, 0.3) is 0 Å². The third-order valence-corrected chi connectivity index (χ3v) is 4.94. The second-order valence-corrected chi connectivity index (χ2v) is 7.07. The van der Waals surface area contributed by atoms with E-state index in [1.54, 1.807) is 6.07 Å². The van der Waals surface area contributed by atoms with E-state index in [0.717, 1.165) is 20.8 Å². The summed E-state index contributed by atoms with van der Waals surface area (Å²) >= 11 is 0. The van der Waals surface area contributed by atoms with Crippen LogP contribution in [0.5, 0.6) is 0 Å². The van der Waals surface area contributed by atoms with E-state index in [4.69, 9.17) is 24.2 Å². The Morgan fingerprint density at radius 2 is 1.97 bits per heavy atom. The summed E-state index contributed by atoms with van der Waals surface area (Å²) in [5.41, 5.74) is -0.518. The van der Waals surface area contributed by atoms with Crippen LogP contribution in [0, 0.1) is 11.3 Å². The first-order valence-electron chi connectivity index (χ1n) is 9.74. The molecule has 1 aliphatic rings. The standard InChI is InChI=1S/C21H23N3O8/c1-13(25)31-19-18(29-2)17(15(26)10-22)32-20(19)23-9-8-16(27)24(21(23)28)12-30-11-14-6-4-3-5-7-14/h3-9,15,17-20,26H,11-12H2,1-2H3/t15-,17-,18-,19-,20-/m1/s1. The van der Waals surface area contributed by atoms with E-state index in [0.29, 0.717) is 0 Å². The lowest BCUT2D eigenvalue weighted by Crippen LogP contribution is -2.45. The summed E-state index contributed by atoms with van der Waals surface area (Å²) in [5.74, 6) is -0.676. The fraction of sp³-hybridized carbons (Fsp3) is 0.429. The number of hydrogen-bond donors (Lipinski definition) is 1. The van der Waals surface area contributed by atoms with Gasteiger partial charge < -0.3 is 24.1 Å². The van der Waals surface area contributed by atoms with Crippen LogP contribution in [0.3, 0.4) is 0 Å². The number of nitrogens with zero attached hydrogens (tertiary/aromatic N) is 3. The zero-order valence-corrected chi connectivity index (χ0v) is 17.5. The van der Waals surface area contributed by atoms with Crippen LogP contribution >= 0.6 is 0 Å². The Hall–Kier alpha value is -3.30. The maximum atomic E-state index is 13.0. The highest BCUT2D eigenvalue weighted by atomic mass is 16.6. The number of benzene rings is 1. The molecular formula is C21H23N3O8. The number of rotatable bonds is 8. The summed E-state index contributed by atoms with van der Waals surface area (Å²) in [6, 6.07) is 12.0. The lowest BCUT2D eigenvalue weighted by molar-refractivity contribution is -0.157. The molecule has 170 valence electrons. The summed E-state index contributed by atoms with van der Waals surface area (Å²) in [7, 11) is 1.30. The number of hydrogen-bond acceptors (Lipinski definition) is 9. The average molecular weight is 445 g/mol. The number of methoxy groups -OCH3 is 1. The monoisotopic (exact) mass is 445 g/mol. The van der Waals surface area contributed by atoms with Crippen molar-refractivity contribution in [1.82, 2.24) is 9.13 Å². The zero-order chi connectivity index (χ0) is 23.3. The van der Waals surface area contributed by atoms with Crippen molar-refractivity contribution < 1.29 is 28.8 Å². The van der Waals surface area contributed by atoms with Crippen molar-refractivity contribution in [2.75, 3.05) is 7.11 Å². The Bertz CT molecular complexity index is 1090. The van der Waals surface area contributed by atoms with Gasteiger partial charge in [0.25, 0.3) is 5.56 Å². The van der Waals surface area contributed by atoms with Crippen molar-refractivity contribution in [2.45, 2.75) is 50.9 Å². The van der Waals surface area contributed by atoms with E-state index in [1.807, 2.05) is 30.3 Å². The number of carbonyl (C=O) groups is 1. The summed E-state index contributed by atoms with van der Waals surface area (Å²) in [5, 5.41) is 19.1. The first kappa shape index (κ1) is 23.4.